The van der Waals surface area contributed by atoms with E-state index in [1.807, 2.05) is 6.07 Å². The SMILES string of the molecule is Cc1nn(C)c(C)c1S(=O)(=O)N1CCC[C@H](CNS(=O)(=O)Cc2ccccc2)C1. The molecule has 0 aliphatic carbocycles. The normalized spacial score (nSPS) is 18.8. The molecule has 1 atom stereocenters. The molecule has 0 amide bonds. The summed E-state index contributed by atoms with van der Waals surface area (Å²) >= 11 is 0. The van der Waals surface area contributed by atoms with Crippen LogP contribution in [0.15, 0.2) is 35.2 Å². The second kappa shape index (κ2) is 8.55. The van der Waals surface area contributed by atoms with Crippen molar-refractivity contribution < 1.29 is 16.8 Å². The monoisotopic (exact) mass is 440 g/mol. The van der Waals surface area contributed by atoms with E-state index in [1.165, 1.54) is 4.31 Å². The molecule has 0 bridgehead atoms. The predicted molar refractivity (Wildman–Crippen MR) is 111 cm³/mol. The van der Waals surface area contributed by atoms with Gasteiger partial charge in [0.1, 0.15) is 4.90 Å². The lowest BCUT2D eigenvalue weighted by molar-refractivity contribution is 0.267. The molecule has 1 aliphatic rings. The summed E-state index contributed by atoms with van der Waals surface area (Å²) in [6.45, 7) is 4.39. The first kappa shape index (κ1) is 21.9. The lowest BCUT2D eigenvalue weighted by Gasteiger charge is -2.32. The van der Waals surface area contributed by atoms with Crippen molar-refractivity contribution >= 4 is 20.0 Å². The number of aromatic nitrogens is 2. The fraction of sp³-hybridized carbons (Fsp3) is 0.526. The van der Waals surface area contributed by atoms with Crippen molar-refractivity contribution in [1.82, 2.24) is 18.8 Å². The Balaban J connectivity index is 1.66. The van der Waals surface area contributed by atoms with E-state index in [9.17, 15) is 16.8 Å². The van der Waals surface area contributed by atoms with Gasteiger partial charge in [-0.1, -0.05) is 30.3 Å². The Bertz CT molecular complexity index is 1060. The highest BCUT2D eigenvalue weighted by atomic mass is 32.2. The van der Waals surface area contributed by atoms with Crippen LogP contribution in [0.25, 0.3) is 0 Å². The molecule has 1 aromatic carbocycles. The summed E-state index contributed by atoms with van der Waals surface area (Å²) in [5, 5.41) is 4.22. The van der Waals surface area contributed by atoms with Gasteiger partial charge in [0.2, 0.25) is 20.0 Å². The first-order valence-corrected chi connectivity index (χ1v) is 12.7. The first-order chi connectivity index (χ1) is 13.6. The largest absolute Gasteiger partial charge is 0.271 e. The quantitative estimate of drug-likeness (QED) is 0.704. The maximum atomic E-state index is 13.2. The van der Waals surface area contributed by atoms with E-state index in [0.717, 1.165) is 12.0 Å². The Morgan fingerprint density at radius 3 is 2.45 bits per heavy atom. The van der Waals surface area contributed by atoms with Gasteiger partial charge >= 0.3 is 0 Å². The van der Waals surface area contributed by atoms with Gasteiger partial charge in [0.15, 0.2) is 0 Å². The van der Waals surface area contributed by atoms with Crippen LogP contribution in [0, 0.1) is 19.8 Å². The van der Waals surface area contributed by atoms with Gasteiger partial charge in [-0.2, -0.15) is 9.40 Å². The van der Waals surface area contributed by atoms with Crippen LogP contribution in [0.1, 0.15) is 29.8 Å². The highest BCUT2D eigenvalue weighted by Gasteiger charge is 2.34. The molecule has 2 aromatic rings. The fourth-order valence-electron chi connectivity index (χ4n) is 3.76. The predicted octanol–water partition coefficient (Wildman–Crippen LogP) is 1.56. The minimum absolute atomic E-state index is 0.0682. The smallest absolute Gasteiger partial charge is 0.246 e. The van der Waals surface area contributed by atoms with Crippen molar-refractivity contribution in [3.05, 3.63) is 47.3 Å². The van der Waals surface area contributed by atoms with Crippen LogP contribution in [0.3, 0.4) is 0 Å². The summed E-state index contributed by atoms with van der Waals surface area (Å²) in [4.78, 5) is 0.255. The maximum Gasteiger partial charge on any atom is 0.246 e. The van der Waals surface area contributed by atoms with E-state index in [2.05, 4.69) is 9.82 Å². The van der Waals surface area contributed by atoms with Crippen LogP contribution >= 0.6 is 0 Å². The second-order valence-electron chi connectivity index (χ2n) is 7.59. The zero-order valence-electron chi connectivity index (χ0n) is 17.0. The number of nitrogens with one attached hydrogen (secondary N) is 1. The van der Waals surface area contributed by atoms with Gasteiger partial charge in [0.05, 0.1) is 17.1 Å². The summed E-state index contributed by atoms with van der Waals surface area (Å²) in [6, 6.07) is 8.99. The zero-order chi connectivity index (χ0) is 21.2. The molecule has 0 unspecified atom stereocenters. The molecule has 8 nitrogen and oxygen atoms in total. The van der Waals surface area contributed by atoms with Gasteiger partial charge in [-0.05, 0) is 38.2 Å². The third-order valence-electron chi connectivity index (χ3n) is 5.31. The Hall–Kier alpha value is -1.75. The van der Waals surface area contributed by atoms with Crippen LogP contribution in [-0.4, -0.2) is 50.6 Å². The minimum atomic E-state index is -3.67. The van der Waals surface area contributed by atoms with Crippen LogP contribution in [-0.2, 0) is 32.8 Å². The molecule has 1 N–H and O–H groups in total. The minimum Gasteiger partial charge on any atom is -0.271 e. The molecule has 0 radical (unpaired) electrons. The van der Waals surface area contributed by atoms with Gasteiger partial charge < -0.3 is 0 Å². The van der Waals surface area contributed by atoms with Crippen molar-refractivity contribution in [1.29, 1.82) is 0 Å². The van der Waals surface area contributed by atoms with E-state index < -0.39 is 20.0 Å². The topological polar surface area (TPSA) is 101 Å². The standard InChI is InChI=1S/C19H28N4O4S2/c1-15-19(16(2)22(3)21-15)29(26,27)23-11-7-10-18(13-23)12-20-28(24,25)14-17-8-5-4-6-9-17/h4-6,8-9,18,20H,7,10-14H2,1-3H3/t18-/m1/s1. The molecule has 160 valence electrons. The Labute approximate surface area is 173 Å². The fourth-order valence-corrected chi connectivity index (χ4v) is 6.94. The summed E-state index contributed by atoms with van der Waals surface area (Å²) in [7, 11) is -5.42. The highest BCUT2D eigenvalue weighted by Crippen LogP contribution is 2.27. The van der Waals surface area contributed by atoms with E-state index >= 15 is 0 Å². The average molecular weight is 441 g/mol. The number of nitrogens with zero attached hydrogens (tertiary/aromatic N) is 3. The van der Waals surface area contributed by atoms with E-state index in [-0.39, 0.29) is 23.1 Å². The number of benzene rings is 1. The molecule has 1 saturated heterocycles. The molecule has 0 spiro atoms. The number of sulfonamides is 2. The highest BCUT2D eigenvalue weighted by molar-refractivity contribution is 7.89. The second-order valence-corrected chi connectivity index (χ2v) is 11.3. The number of rotatable bonds is 7. The molecule has 1 fully saturated rings. The van der Waals surface area contributed by atoms with Gasteiger partial charge in [-0.25, -0.2) is 21.6 Å². The van der Waals surface area contributed by atoms with Gasteiger partial charge in [0.25, 0.3) is 0 Å². The van der Waals surface area contributed by atoms with Crippen LogP contribution in [0.2, 0.25) is 0 Å². The number of hydrogen-bond acceptors (Lipinski definition) is 5. The van der Waals surface area contributed by atoms with Crippen molar-refractivity contribution in [3.8, 4) is 0 Å². The summed E-state index contributed by atoms with van der Waals surface area (Å²) in [5.74, 6) is -0.155. The molecule has 1 aromatic heterocycles. The molecule has 2 heterocycles. The van der Waals surface area contributed by atoms with Gasteiger partial charge in [-0.15, -0.1) is 0 Å². The maximum absolute atomic E-state index is 13.2. The van der Waals surface area contributed by atoms with Crippen molar-refractivity contribution in [2.24, 2.45) is 13.0 Å². The zero-order valence-corrected chi connectivity index (χ0v) is 18.6. The first-order valence-electron chi connectivity index (χ1n) is 9.62. The molecule has 10 heteroatoms. The molecule has 3 rings (SSSR count). The van der Waals surface area contributed by atoms with Crippen LogP contribution in [0.5, 0.6) is 0 Å². The van der Waals surface area contributed by atoms with E-state index in [1.54, 1.807) is 49.8 Å². The van der Waals surface area contributed by atoms with E-state index in [4.69, 9.17) is 0 Å². The molecule has 29 heavy (non-hydrogen) atoms. The van der Waals surface area contributed by atoms with Gasteiger partial charge in [0, 0.05) is 26.7 Å². The molecular formula is C19H28N4O4S2. The summed E-state index contributed by atoms with van der Waals surface area (Å²) in [5.41, 5.74) is 1.80. The van der Waals surface area contributed by atoms with E-state index in [0.29, 0.717) is 30.9 Å². The number of piperidine rings is 1. The van der Waals surface area contributed by atoms with Crippen LogP contribution < -0.4 is 4.72 Å². The van der Waals surface area contributed by atoms with Crippen LogP contribution in [0.4, 0.5) is 0 Å². The number of aryl methyl sites for hydroxylation is 2. The molecular weight excluding hydrogens is 412 g/mol. The third kappa shape index (κ3) is 5.06. The Morgan fingerprint density at radius 2 is 1.83 bits per heavy atom. The molecule has 0 saturated carbocycles. The van der Waals surface area contributed by atoms with Crippen molar-refractivity contribution in [3.63, 3.8) is 0 Å². The third-order valence-corrected chi connectivity index (χ3v) is 8.75. The van der Waals surface area contributed by atoms with Gasteiger partial charge in [-0.3, -0.25) is 4.68 Å². The Morgan fingerprint density at radius 1 is 1.14 bits per heavy atom. The van der Waals surface area contributed by atoms with Crippen molar-refractivity contribution in [2.45, 2.75) is 37.3 Å². The summed E-state index contributed by atoms with van der Waals surface area (Å²) in [6.07, 6.45) is 1.48. The van der Waals surface area contributed by atoms with Crippen molar-refractivity contribution in [2.75, 3.05) is 19.6 Å². The average Bonchev–Trinajstić information content (AvgIpc) is 2.93. The lowest BCUT2D eigenvalue weighted by Crippen LogP contribution is -2.44. The lowest BCUT2D eigenvalue weighted by atomic mass is 10.0. The number of hydrogen-bond donors (Lipinski definition) is 1. The Kier molecular flexibility index (Phi) is 6.47. The molecule has 1 aliphatic heterocycles. The summed E-state index contributed by atoms with van der Waals surface area (Å²) < 4.78 is 56.8.